The number of hydrogen-bond donors (Lipinski definition) is 7. The highest BCUT2D eigenvalue weighted by Gasteiger charge is 2.70. The molecule has 4 rings (SSSR count). The van der Waals surface area contributed by atoms with Crippen molar-refractivity contribution in [3.63, 3.8) is 0 Å². The van der Waals surface area contributed by atoms with E-state index in [0.717, 1.165) is 0 Å². The van der Waals surface area contributed by atoms with Gasteiger partial charge in [-0.05, 0) is 68.9 Å². The minimum Gasteiger partial charge on any atom is -0.442 e. The number of aliphatic hydroxyl groups is 1. The van der Waals surface area contributed by atoms with Crippen LogP contribution in [0.15, 0.2) is 23.8 Å². The van der Waals surface area contributed by atoms with E-state index in [0.29, 0.717) is 31.3 Å². The third-order valence-corrected chi connectivity index (χ3v) is 10.2. The molecule has 45 heavy (non-hydrogen) atoms. The summed E-state index contributed by atoms with van der Waals surface area (Å²) in [7, 11) is 0. The summed E-state index contributed by atoms with van der Waals surface area (Å²) in [5.74, 6) is -2.48. The van der Waals surface area contributed by atoms with E-state index in [1.54, 1.807) is 13.0 Å². The Morgan fingerprint density at radius 1 is 1.09 bits per heavy atom. The number of nitrogens with one attached hydrogen (secondary N) is 2. The minimum absolute atomic E-state index is 0.0447. The van der Waals surface area contributed by atoms with E-state index in [1.165, 1.54) is 12.2 Å². The number of ether oxygens (including phenoxy) is 1. The largest absolute Gasteiger partial charge is 0.442 e. The molecule has 4 unspecified atom stereocenters. The van der Waals surface area contributed by atoms with Crippen LogP contribution in [0.25, 0.3) is 0 Å². The first kappa shape index (κ1) is 35.0. The molecule has 4 aliphatic rings. The van der Waals surface area contributed by atoms with Crippen LogP contribution < -0.4 is 10.6 Å². The first-order valence-electron chi connectivity index (χ1n) is 14.8. The zero-order valence-electron chi connectivity index (χ0n) is 25.1. The summed E-state index contributed by atoms with van der Waals surface area (Å²) in [5.41, 5.74) is -3.15. The number of carbonyl (C=O) groups excluding carboxylic acids is 4. The van der Waals surface area contributed by atoms with Crippen molar-refractivity contribution in [3.05, 3.63) is 23.8 Å². The van der Waals surface area contributed by atoms with Gasteiger partial charge in [0.25, 0.3) is 0 Å². The molecule has 7 N–H and O–H groups in total. The van der Waals surface area contributed by atoms with Gasteiger partial charge in [0.15, 0.2) is 23.8 Å². The van der Waals surface area contributed by atoms with Gasteiger partial charge in [-0.1, -0.05) is 18.6 Å². The molecule has 0 heterocycles. The number of ketones is 2. The number of rotatable bonds is 13. The van der Waals surface area contributed by atoms with Gasteiger partial charge in [-0.2, -0.15) is 0 Å². The molecule has 0 aliphatic heterocycles. The molecular weight excluding hydrogens is 603 g/mol. The molecule has 17 heteroatoms. The van der Waals surface area contributed by atoms with Crippen molar-refractivity contribution in [1.29, 1.82) is 0 Å². The van der Waals surface area contributed by atoms with Gasteiger partial charge in [-0.3, -0.25) is 35.2 Å². The summed E-state index contributed by atoms with van der Waals surface area (Å²) in [5, 5.41) is 49.4. The van der Waals surface area contributed by atoms with Crippen LogP contribution in [-0.2, 0) is 28.8 Å². The molecule has 4 aliphatic carbocycles. The summed E-state index contributed by atoms with van der Waals surface area (Å²) in [6.07, 6.45) is 2.90. The number of alkyl carbamates (subject to hydrolysis) is 1. The van der Waals surface area contributed by atoms with Crippen LogP contribution in [0.1, 0.15) is 52.4 Å². The van der Waals surface area contributed by atoms with Crippen LogP contribution in [0, 0.1) is 28.6 Å². The SMILES string of the molecule is C[C@]12C[C@H](O)C3(F)[C@@H](CCC4=CC(=O)C=C[C@@]43C)C1CCC2C(=O)COC(=O)NCC(=O)NCCC(CON(O)O)ON(O)O. The van der Waals surface area contributed by atoms with Crippen LogP contribution in [0.5, 0.6) is 0 Å². The predicted molar refractivity (Wildman–Crippen MR) is 145 cm³/mol. The quantitative estimate of drug-likeness (QED) is 0.140. The predicted octanol–water partition coefficient (Wildman–Crippen LogP) is 1.17. The zero-order valence-corrected chi connectivity index (χ0v) is 25.1. The lowest BCUT2D eigenvalue weighted by atomic mass is 9.45. The Kier molecular flexibility index (Phi) is 10.8. The van der Waals surface area contributed by atoms with E-state index in [1.807, 2.05) is 6.92 Å². The van der Waals surface area contributed by atoms with Gasteiger partial charge < -0.3 is 20.5 Å². The van der Waals surface area contributed by atoms with Crippen molar-refractivity contribution in [2.75, 3.05) is 26.3 Å². The molecule has 0 saturated heterocycles. The fourth-order valence-corrected chi connectivity index (χ4v) is 8.06. The molecule has 0 radical (unpaired) electrons. The third kappa shape index (κ3) is 7.11. The molecule has 3 fully saturated rings. The lowest BCUT2D eigenvalue weighted by molar-refractivity contribution is -0.527. The Morgan fingerprint density at radius 3 is 2.51 bits per heavy atom. The topological polar surface area (TPSA) is 228 Å². The van der Waals surface area contributed by atoms with Crippen molar-refractivity contribution in [2.24, 2.45) is 28.6 Å². The molecular formula is C28H41FN4O12. The van der Waals surface area contributed by atoms with E-state index in [4.69, 9.17) is 25.6 Å². The maximum Gasteiger partial charge on any atom is 0.408 e. The molecule has 0 aromatic heterocycles. The van der Waals surface area contributed by atoms with Crippen LogP contribution in [-0.4, -0.2) is 104 Å². The number of alkyl halides is 1. The molecule has 252 valence electrons. The van der Waals surface area contributed by atoms with Crippen molar-refractivity contribution < 1.29 is 63.9 Å². The van der Waals surface area contributed by atoms with Crippen molar-refractivity contribution in [2.45, 2.75) is 70.2 Å². The number of nitrogens with zero attached hydrogens (tertiary/aromatic N) is 2. The van der Waals surface area contributed by atoms with Gasteiger partial charge in [0, 0.05) is 23.8 Å². The highest BCUT2D eigenvalue weighted by atomic mass is 19.1. The minimum atomic E-state index is -1.99. The molecule has 0 aromatic carbocycles. The number of fused-ring (bicyclic) bond motifs is 5. The van der Waals surface area contributed by atoms with Gasteiger partial charge >= 0.3 is 6.09 Å². The number of carbonyl (C=O) groups is 4. The third-order valence-electron chi connectivity index (χ3n) is 10.2. The summed E-state index contributed by atoms with van der Waals surface area (Å²) in [6.45, 7) is 1.93. The molecule has 0 spiro atoms. The van der Waals surface area contributed by atoms with Gasteiger partial charge in [0.2, 0.25) is 5.91 Å². The van der Waals surface area contributed by atoms with Crippen molar-refractivity contribution in [3.8, 4) is 0 Å². The maximum absolute atomic E-state index is 17.1. The summed E-state index contributed by atoms with van der Waals surface area (Å²) >= 11 is 0. The molecule has 0 bridgehead atoms. The normalized spacial score (nSPS) is 34.4. The Labute approximate surface area is 258 Å². The molecule has 8 atom stereocenters. The number of aliphatic hydroxyl groups excluding tert-OH is 1. The fourth-order valence-electron chi connectivity index (χ4n) is 8.06. The first-order chi connectivity index (χ1) is 21.1. The smallest absolute Gasteiger partial charge is 0.408 e. The van der Waals surface area contributed by atoms with Crippen LogP contribution in [0.2, 0.25) is 0 Å². The Bertz CT molecular complexity index is 1220. The van der Waals surface area contributed by atoms with Crippen molar-refractivity contribution >= 4 is 23.6 Å². The van der Waals surface area contributed by atoms with Gasteiger partial charge in [0.1, 0.15) is 12.7 Å². The van der Waals surface area contributed by atoms with E-state index in [9.17, 15) is 24.3 Å². The summed E-state index contributed by atoms with van der Waals surface area (Å²) in [4.78, 5) is 58.4. The second-order valence-electron chi connectivity index (χ2n) is 12.5. The zero-order chi connectivity index (χ0) is 33.2. The van der Waals surface area contributed by atoms with Crippen LogP contribution in [0.4, 0.5) is 9.18 Å². The monoisotopic (exact) mass is 644 g/mol. The number of hydrogen-bond acceptors (Lipinski definition) is 14. The highest BCUT2D eigenvalue weighted by molar-refractivity contribution is 6.01. The number of allylic oxidation sites excluding steroid dienone is 4. The van der Waals surface area contributed by atoms with Gasteiger partial charge in [0.05, 0.1) is 23.4 Å². The fraction of sp³-hybridized carbons (Fsp3) is 0.714. The van der Waals surface area contributed by atoms with Gasteiger partial charge in [-0.25, -0.2) is 18.9 Å². The standard InChI is InChI=1S/C28H41FN4O12/c1-26-12-23(36)28(29)20(4-3-16-11-17(34)7-9-27(16,28)2)19(26)5-6-21(26)22(35)15-43-25(38)31-13-24(37)30-10-8-18(45-33(41)42)14-44-32(39)40/h7,9,11,18-21,23,36,39-42H,3-6,8,10,12-15H2,1-2H3,(H,30,37)(H,31,38)/t18?,19?,20-,21?,23-,26-,27-,28?/m0/s1. The Morgan fingerprint density at radius 2 is 1.82 bits per heavy atom. The number of amides is 2. The second kappa shape index (κ2) is 13.9. The van der Waals surface area contributed by atoms with E-state index in [2.05, 4.69) is 20.3 Å². The van der Waals surface area contributed by atoms with Crippen LogP contribution in [0.3, 0.4) is 0 Å². The van der Waals surface area contributed by atoms with Crippen molar-refractivity contribution in [1.82, 2.24) is 21.4 Å². The first-order valence-corrected chi connectivity index (χ1v) is 14.8. The number of Topliss-reactive ketones (excluding diaryl/α,β-unsaturated/α-hetero) is 1. The maximum atomic E-state index is 17.1. The van der Waals surface area contributed by atoms with E-state index in [-0.39, 0.29) is 36.9 Å². The average Bonchev–Trinajstić information content (AvgIpc) is 3.30. The number of halogens is 1. The van der Waals surface area contributed by atoms with E-state index < -0.39 is 83.1 Å². The summed E-state index contributed by atoms with van der Waals surface area (Å²) < 4.78 is 22.2. The average molecular weight is 645 g/mol. The van der Waals surface area contributed by atoms with E-state index >= 15 is 4.39 Å². The second-order valence-corrected chi connectivity index (χ2v) is 12.5. The van der Waals surface area contributed by atoms with Crippen LogP contribution >= 0.6 is 0 Å². The lowest BCUT2D eigenvalue weighted by Crippen LogP contribution is -2.66. The molecule has 2 amide bonds. The Hall–Kier alpha value is -2.87. The molecule has 3 saturated carbocycles. The highest BCUT2D eigenvalue weighted by Crippen LogP contribution is 2.68. The molecule has 16 nitrogen and oxygen atoms in total. The summed E-state index contributed by atoms with van der Waals surface area (Å²) in [6, 6.07) is 0. The molecule has 0 aromatic rings. The Balaban J connectivity index is 1.26. The van der Waals surface area contributed by atoms with Gasteiger partial charge in [-0.15, -0.1) is 0 Å². The lowest BCUT2D eigenvalue weighted by Gasteiger charge is -2.62.